The maximum absolute atomic E-state index is 11.3. The second-order valence-electron chi connectivity index (χ2n) is 4.00. The van der Waals surface area contributed by atoms with Crippen molar-refractivity contribution >= 4 is 18.4 Å². The Morgan fingerprint density at radius 2 is 1.79 bits per heavy atom. The Kier molecular flexibility index (Phi) is 7.16. The Labute approximate surface area is 91.5 Å². The number of esters is 1. The van der Waals surface area contributed by atoms with Crippen LogP contribution in [-0.2, 0) is 14.3 Å². The summed E-state index contributed by atoms with van der Waals surface area (Å²) in [6.45, 7) is 7.13. The summed E-state index contributed by atoms with van der Waals surface area (Å²) in [4.78, 5) is 11.3. The van der Waals surface area contributed by atoms with E-state index in [1.54, 1.807) is 27.7 Å². The molecule has 0 aromatic rings. The van der Waals surface area contributed by atoms with Crippen molar-refractivity contribution in [2.24, 2.45) is 5.73 Å². The van der Waals surface area contributed by atoms with E-state index in [4.69, 9.17) is 15.2 Å². The summed E-state index contributed by atoms with van der Waals surface area (Å²) in [6.07, 6.45) is -0.324. The molecule has 0 aromatic carbocycles. The number of methoxy groups -OCH3 is 1. The number of hydrogen-bond acceptors (Lipinski definition) is 4. The molecule has 0 fully saturated rings. The molecule has 14 heavy (non-hydrogen) atoms. The molecule has 0 rings (SSSR count). The van der Waals surface area contributed by atoms with Gasteiger partial charge in [-0.1, -0.05) is 0 Å². The molecule has 2 unspecified atom stereocenters. The molecule has 86 valence electrons. The van der Waals surface area contributed by atoms with E-state index in [0.29, 0.717) is 0 Å². The Balaban J connectivity index is 0. The van der Waals surface area contributed by atoms with Gasteiger partial charge in [0.1, 0.15) is 11.6 Å². The first-order valence-electron chi connectivity index (χ1n) is 4.29. The maximum atomic E-state index is 11.3. The van der Waals surface area contributed by atoms with Gasteiger partial charge in [0.05, 0.1) is 6.10 Å². The lowest BCUT2D eigenvalue weighted by atomic mass is 10.1. The first kappa shape index (κ1) is 16.1. The molecule has 0 aliphatic heterocycles. The van der Waals surface area contributed by atoms with Crippen LogP contribution in [0.1, 0.15) is 27.7 Å². The minimum absolute atomic E-state index is 0. The van der Waals surface area contributed by atoms with Crippen molar-refractivity contribution in [2.45, 2.75) is 45.4 Å². The lowest BCUT2D eigenvalue weighted by Gasteiger charge is -2.24. The number of nitrogens with two attached hydrogens (primary N) is 1. The molecule has 0 aliphatic carbocycles. The minimum atomic E-state index is -0.718. The lowest BCUT2D eigenvalue weighted by Crippen LogP contribution is -2.44. The van der Waals surface area contributed by atoms with Crippen LogP contribution in [0.4, 0.5) is 0 Å². The SMILES string of the molecule is COC(C)C(N)C(=O)OC(C)(C)C.Cl. The third-order valence-corrected chi connectivity index (χ3v) is 1.56. The second-order valence-corrected chi connectivity index (χ2v) is 4.00. The topological polar surface area (TPSA) is 61.5 Å². The van der Waals surface area contributed by atoms with E-state index in [0.717, 1.165) is 0 Å². The summed E-state index contributed by atoms with van der Waals surface area (Å²) in [5.74, 6) is -0.429. The van der Waals surface area contributed by atoms with Crippen molar-refractivity contribution in [3.63, 3.8) is 0 Å². The Hall–Kier alpha value is -0.320. The van der Waals surface area contributed by atoms with Gasteiger partial charge in [0, 0.05) is 7.11 Å². The molecule has 0 saturated carbocycles. The van der Waals surface area contributed by atoms with Gasteiger partial charge < -0.3 is 15.2 Å². The number of carbonyl (C=O) groups is 1. The van der Waals surface area contributed by atoms with Gasteiger partial charge in [-0.25, -0.2) is 0 Å². The van der Waals surface area contributed by atoms with E-state index in [-0.39, 0.29) is 18.5 Å². The van der Waals surface area contributed by atoms with Crippen LogP contribution in [0.3, 0.4) is 0 Å². The summed E-state index contributed by atoms with van der Waals surface area (Å²) in [7, 11) is 1.51. The van der Waals surface area contributed by atoms with Gasteiger partial charge >= 0.3 is 5.97 Å². The molecule has 0 aliphatic rings. The van der Waals surface area contributed by atoms with E-state index in [2.05, 4.69) is 0 Å². The molecule has 0 aromatic heterocycles. The van der Waals surface area contributed by atoms with Crippen LogP contribution in [-0.4, -0.2) is 30.8 Å². The predicted octanol–water partition coefficient (Wildman–Crippen LogP) is 1.11. The van der Waals surface area contributed by atoms with Crippen LogP contribution in [0.15, 0.2) is 0 Å². The van der Waals surface area contributed by atoms with Crippen molar-refractivity contribution < 1.29 is 14.3 Å². The van der Waals surface area contributed by atoms with Crippen LogP contribution in [0.2, 0.25) is 0 Å². The second kappa shape index (κ2) is 6.22. The number of halogens is 1. The standard InChI is InChI=1S/C9H19NO3.ClH/c1-6(12-5)7(10)8(11)13-9(2,3)4;/h6-7H,10H2,1-5H3;1H. The van der Waals surface area contributed by atoms with Gasteiger partial charge in [-0.3, -0.25) is 4.79 Å². The van der Waals surface area contributed by atoms with E-state index >= 15 is 0 Å². The van der Waals surface area contributed by atoms with E-state index in [1.165, 1.54) is 7.11 Å². The smallest absolute Gasteiger partial charge is 0.326 e. The third kappa shape index (κ3) is 6.18. The first-order valence-corrected chi connectivity index (χ1v) is 4.29. The zero-order valence-corrected chi connectivity index (χ0v) is 10.2. The number of rotatable bonds is 3. The average molecular weight is 226 g/mol. The van der Waals surface area contributed by atoms with Gasteiger partial charge in [-0.2, -0.15) is 0 Å². The maximum Gasteiger partial charge on any atom is 0.326 e. The lowest BCUT2D eigenvalue weighted by molar-refractivity contribution is -0.159. The summed E-state index contributed by atoms with van der Waals surface area (Å²) in [6, 6.07) is -0.718. The Morgan fingerprint density at radius 3 is 2.07 bits per heavy atom. The van der Waals surface area contributed by atoms with Crippen LogP contribution in [0.5, 0.6) is 0 Å². The fourth-order valence-corrected chi connectivity index (χ4v) is 0.708. The van der Waals surface area contributed by atoms with Crippen LogP contribution >= 0.6 is 12.4 Å². The zero-order chi connectivity index (χ0) is 10.6. The van der Waals surface area contributed by atoms with Crippen molar-refractivity contribution in [3.8, 4) is 0 Å². The molecule has 0 spiro atoms. The summed E-state index contributed by atoms with van der Waals surface area (Å²) < 4.78 is 10.0. The highest BCUT2D eigenvalue weighted by Gasteiger charge is 2.26. The molecule has 0 saturated heterocycles. The molecule has 0 radical (unpaired) electrons. The van der Waals surface area contributed by atoms with Crippen LogP contribution < -0.4 is 5.73 Å². The summed E-state index contributed by atoms with van der Waals surface area (Å²) in [5.41, 5.74) is 5.08. The molecular formula is C9H20ClNO3. The molecule has 2 atom stereocenters. The fraction of sp³-hybridized carbons (Fsp3) is 0.889. The number of ether oxygens (including phenoxy) is 2. The number of carbonyl (C=O) groups excluding carboxylic acids is 1. The molecule has 2 N–H and O–H groups in total. The van der Waals surface area contributed by atoms with Gasteiger partial charge in [0.2, 0.25) is 0 Å². The molecule has 5 heteroatoms. The van der Waals surface area contributed by atoms with Crippen molar-refractivity contribution in [1.82, 2.24) is 0 Å². The quantitative estimate of drug-likeness (QED) is 0.731. The van der Waals surface area contributed by atoms with Gasteiger partial charge in [-0.15, -0.1) is 12.4 Å². The minimum Gasteiger partial charge on any atom is -0.459 e. The molecule has 4 nitrogen and oxygen atoms in total. The third-order valence-electron chi connectivity index (χ3n) is 1.56. The van der Waals surface area contributed by atoms with Crippen molar-refractivity contribution in [1.29, 1.82) is 0 Å². The predicted molar refractivity (Wildman–Crippen MR) is 57.5 cm³/mol. The van der Waals surface area contributed by atoms with Crippen LogP contribution in [0, 0.1) is 0 Å². The summed E-state index contributed by atoms with van der Waals surface area (Å²) >= 11 is 0. The van der Waals surface area contributed by atoms with Crippen molar-refractivity contribution in [2.75, 3.05) is 7.11 Å². The van der Waals surface area contributed by atoms with E-state index in [9.17, 15) is 4.79 Å². The molecular weight excluding hydrogens is 206 g/mol. The van der Waals surface area contributed by atoms with Crippen LogP contribution in [0.25, 0.3) is 0 Å². The average Bonchev–Trinajstić information content (AvgIpc) is 1.98. The first-order chi connectivity index (χ1) is 5.78. The largest absolute Gasteiger partial charge is 0.459 e. The highest BCUT2D eigenvalue weighted by molar-refractivity contribution is 5.85. The van der Waals surface area contributed by atoms with E-state index < -0.39 is 17.6 Å². The summed E-state index contributed by atoms with van der Waals surface area (Å²) in [5, 5.41) is 0. The fourth-order valence-electron chi connectivity index (χ4n) is 0.708. The molecule has 0 amide bonds. The van der Waals surface area contributed by atoms with Gasteiger partial charge in [0.15, 0.2) is 0 Å². The van der Waals surface area contributed by atoms with Crippen molar-refractivity contribution in [3.05, 3.63) is 0 Å². The van der Waals surface area contributed by atoms with Gasteiger partial charge in [-0.05, 0) is 27.7 Å². The van der Waals surface area contributed by atoms with Gasteiger partial charge in [0.25, 0.3) is 0 Å². The highest BCUT2D eigenvalue weighted by Crippen LogP contribution is 2.09. The molecule has 0 heterocycles. The Morgan fingerprint density at radius 1 is 1.36 bits per heavy atom. The number of hydrogen-bond donors (Lipinski definition) is 1. The normalized spacial score (nSPS) is 15.3. The monoisotopic (exact) mass is 225 g/mol. The highest BCUT2D eigenvalue weighted by atomic mass is 35.5. The molecule has 0 bridgehead atoms. The van der Waals surface area contributed by atoms with E-state index in [1.807, 2.05) is 0 Å². The Bertz CT molecular complexity index is 179. The zero-order valence-electron chi connectivity index (χ0n) is 9.37.